The molecule has 0 bridgehead atoms. The van der Waals surface area contributed by atoms with E-state index in [2.05, 4.69) is 34.2 Å². The van der Waals surface area contributed by atoms with Crippen LogP contribution in [0.1, 0.15) is 35.4 Å². The highest BCUT2D eigenvalue weighted by atomic mass is 16.5. The van der Waals surface area contributed by atoms with Gasteiger partial charge in [0.05, 0.1) is 32.5 Å². The first-order valence-corrected chi connectivity index (χ1v) is 13.3. The molecule has 2 heterocycles. The molecule has 0 saturated carbocycles. The molecule has 1 amide bonds. The third-order valence-electron chi connectivity index (χ3n) is 6.95. The normalized spacial score (nSPS) is 17.3. The molecule has 1 fully saturated rings. The van der Waals surface area contributed by atoms with Crippen molar-refractivity contribution in [1.29, 1.82) is 0 Å². The number of carbonyl (C=O) groups is 1. The van der Waals surface area contributed by atoms with E-state index in [9.17, 15) is 9.90 Å². The van der Waals surface area contributed by atoms with Gasteiger partial charge in [-0.05, 0) is 39.9 Å². The van der Waals surface area contributed by atoms with Gasteiger partial charge in [0.25, 0.3) is 0 Å². The van der Waals surface area contributed by atoms with E-state index in [-0.39, 0.29) is 18.6 Å². The number of nitrogens with zero attached hydrogens (tertiary/aromatic N) is 3. The predicted octanol–water partition coefficient (Wildman–Crippen LogP) is 4.33. The Morgan fingerprint density at radius 3 is 2.46 bits per heavy atom. The van der Waals surface area contributed by atoms with Crippen LogP contribution in [0, 0.1) is 0 Å². The monoisotopic (exact) mass is 526 g/mol. The van der Waals surface area contributed by atoms with Gasteiger partial charge in [-0.3, -0.25) is 0 Å². The van der Waals surface area contributed by atoms with Crippen molar-refractivity contribution < 1.29 is 24.1 Å². The molecule has 1 aliphatic heterocycles. The number of aromatic nitrogens is 2. The van der Waals surface area contributed by atoms with Gasteiger partial charge < -0.3 is 29.0 Å². The summed E-state index contributed by atoms with van der Waals surface area (Å²) < 4.78 is 17.7. The van der Waals surface area contributed by atoms with Crippen molar-refractivity contribution in [3.8, 4) is 6.01 Å². The zero-order valence-electron chi connectivity index (χ0n) is 21.8. The van der Waals surface area contributed by atoms with E-state index in [1.165, 1.54) is 10.3 Å². The van der Waals surface area contributed by atoms with Crippen LogP contribution < -0.4 is 9.84 Å². The molecule has 39 heavy (non-hydrogen) atoms. The molecule has 0 spiro atoms. The molecule has 4 aromatic rings. The maximum Gasteiger partial charge on any atom is 0.316 e. The zero-order chi connectivity index (χ0) is 26.9. The van der Waals surface area contributed by atoms with Crippen LogP contribution >= 0.6 is 0 Å². The lowest BCUT2D eigenvalue weighted by Gasteiger charge is -2.39. The Morgan fingerprint density at radius 2 is 1.67 bits per heavy atom. The van der Waals surface area contributed by atoms with Gasteiger partial charge >= 0.3 is 6.01 Å². The Balaban J connectivity index is 1.14. The number of fused-ring (bicyclic) bond motifs is 1. The summed E-state index contributed by atoms with van der Waals surface area (Å²) in [5.74, 6) is -0.0403. The Bertz CT molecular complexity index is 1350. The average molecular weight is 527 g/mol. The highest BCUT2D eigenvalue weighted by Crippen LogP contribution is 2.31. The second kappa shape index (κ2) is 13.2. The topological polar surface area (TPSA) is 96.8 Å². The first kappa shape index (κ1) is 26.6. The van der Waals surface area contributed by atoms with Gasteiger partial charge in [0, 0.05) is 37.8 Å². The van der Waals surface area contributed by atoms with Crippen LogP contribution in [0.3, 0.4) is 0 Å². The Kier molecular flexibility index (Phi) is 8.98. The number of hydrogen-bond acceptors (Lipinski definition) is 7. The predicted molar refractivity (Wildman–Crippen MR) is 145 cm³/mol. The van der Waals surface area contributed by atoms with E-state index < -0.39 is 6.09 Å². The van der Waals surface area contributed by atoms with Crippen LogP contribution in [-0.2, 0) is 22.7 Å². The van der Waals surface area contributed by atoms with Crippen LogP contribution in [0.25, 0.3) is 10.8 Å². The molecule has 2 unspecified atom stereocenters. The summed E-state index contributed by atoms with van der Waals surface area (Å²) in [5, 5.41) is 13.9. The molecule has 0 aliphatic carbocycles. The summed E-state index contributed by atoms with van der Waals surface area (Å²) in [4.78, 5) is 21.6. The first-order chi connectivity index (χ1) is 19.2. The number of hydrogen-bond donors (Lipinski definition) is 0. The first-order valence-electron chi connectivity index (χ1n) is 13.3. The molecule has 2 atom stereocenters. The highest BCUT2D eigenvalue weighted by molar-refractivity contribution is 5.82. The fourth-order valence-electron chi connectivity index (χ4n) is 4.85. The van der Waals surface area contributed by atoms with Gasteiger partial charge in [0.15, 0.2) is 0 Å². The van der Waals surface area contributed by atoms with Crippen molar-refractivity contribution >= 4 is 16.9 Å². The van der Waals surface area contributed by atoms with Crippen LogP contribution in [0.2, 0.25) is 0 Å². The summed E-state index contributed by atoms with van der Waals surface area (Å²) in [6, 6.07) is 24.7. The lowest BCUT2D eigenvalue weighted by Crippen LogP contribution is -2.51. The largest absolute Gasteiger partial charge is 0.530 e. The number of ether oxygens (including phenoxy) is 3. The van der Waals surface area contributed by atoms with Crippen LogP contribution in [0.5, 0.6) is 6.01 Å². The minimum absolute atomic E-state index is 0.0403. The molecule has 1 aromatic heterocycles. The molecular formula is C31H32N3O5-. The van der Waals surface area contributed by atoms with Gasteiger partial charge in [-0.1, -0.05) is 66.7 Å². The van der Waals surface area contributed by atoms with Gasteiger partial charge in [-0.25, -0.2) is 9.97 Å². The number of amides is 1. The van der Waals surface area contributed by atoms with Gasteiger partial charge in [-0.2, -0.15) is 0 Å². The van der Waals surface area contributed by atoms with Gasteiger partial charge in [0.1, 0.15) is 6.09 Å². The molecule has 5 rings (SSSR count). The molecule has 8 nitrogen and oxygen atoms in total. The zero-order valence-corrected chi connectivity index (χ0v) is 21.8. The van der Waals surface area contributed by atoms with Crippen LogP contribution in [-0.4, -0.2) is 53.4 Å². The van der Waals surface area contributed by atoms with Crippen molar-refractivity contribution in [3.63, 3.8) is 0 Å². The summed E-state index contributed by atoms with van der Waals surface area (Å²) in [6.45, 7) is 2.61. The third-order valence-corrected chi connectivity index (χ3v) is 6.95. The fourth-order valence-corrected chi connectivity index (χ4v) is 4.85. The Hall–Kier alpha value is -4.01. The SMILES string of the molecule is O=C([O-])N1CCC(c2cnc(OCCCOCc3ccccc3)nc2)C(OCc2ccc3ccccc3c2)C1. The number of carboxylic acid groups (broad SMARTS) is 1. The van der Waals surface area contributed by atoms with Crippen molar-refractivity contribution in [2.75, 3.05) is 26.3 Å². The standard InChI is InChI=1S/C31H33N3O5/c35-31(36)34-14-13-28(29(20-34)39-22-24-11-12-25-9-4-5-10-26(25)17-24)27-18-32-30(33-19-27)38-16-6-15-37-21-23-7-2-1-3-8-23/h1-5,7-12,17-19,28-29H,6,13-16,20-22H2,(H,35,36)/p-1. The molecule has 0 radical (unpaired) electrons. The second-order valence-electron chi connectivity index (χ2n) is 9.68. The van der Waals surface area contributed by atoms with Gasteiger partial charge in [0.2, 0.25) is 0 Å². The number of benzene rings is 3. The Morgan fingerprint density at radius 1 is 0.897 bits per heavy atom. The van der Waals surface area contributed by atoms with E-state index >= 15 is 0 Å². The molecule has 202 valence electrons. The van der Waals surface area contributed by atoms with E-state index in [4.69, 9.17) is 14.2 Å². The molecule has 8 heteroatoms. The summed E-state index contributed by atoms with van der Waals surface area (Å²) in [6.07, 6.45) is 3.30. The van der Waals surface area contributed by atoms with Crippen molar-refractivity contribution in [3.05, 3.63) is 102 Å². The van der Waals surface area contributed by atoms with Crippen LogP contribution in [0.4, 0.5) is 4.79 Å². The van der Waals surface area contributed by atoms with E-state index in [1.807, 2.05) is 48.5 Å². The highest BCUT2D eigenvalue weighted by Gasteiger charge is 2.32. The lowest BCUT2D eigenvalue weighted by molar-refractivity contribution is -0.268. The minimum Gasteiger partial charge on any atom is -0.530 e. The van der Waals surface area contributed by atoms with Gasteiger partial charge in [-0.15, -0.1) is 0 Å². The minimum atomic E-state index is -1.18. The van der Waals surface area contributed by atoms with E-state index in [1.54, 1.807) is 12.4 Å². The smallest absolute Gasteiger partial charge is 0.316 e. The lowest BCUT2D eigenvalue weighted by atomic mass is 9.88. The number of likely N-dealkylation sites (tertiary alicyclic amines) is 1. The maximum absolute atomic E-state index is 11.6. The van der Waals surface area contributed by atoms with Crippen molar-refractivity contribution in [2.24, 2.45) is 0 Å². The Labute approximate surface area is 228 Å². The maximum atomic E-state index is 11.6. The van der Waals surface area contributed by atoms with Crippen molar-refractivity contribution in [1.82, 2.24) is 14.9 Å². The van der Waals surface area contributed by atoms with E-state index in [0.717, 1.165) is 28.5 Å². The summed E-state index contributed by atoms with van der Waals surface area (Å²) in [5.41, 5.74) is 3.07. The summed E-state index contributed by atoms with van der Waals surface area (Å²) >= 11 is 0. The molecule has 0 N–H and O–H groups in total. The third kappa shape index (κ3) is 7.31. The molecule has 1 aliphatic rings. The number of rotatable bonds is 11. The molecular weight excluding hydrogens is 494 g/mol. The number of carbonyl (C=O) groups excluding carboxylic acids is 1. The second-order valence-corrected chi connectivity index (χ2v) is 9.68. The quantitative estimate of drug-likeness (QED) is 0.268. The van der Waals surface area contributed by atoms with Crippen LogP contribution in [0.15, 0.2) is 85.2 Å². The molecule has 3 aromatic carbocycles. The molecule has 1 saturated heterocycles. The summed E-state index contributed by atoms with van der Waals surface area (Å²) in [7, 11) is 0. The fraction of sp³-hybridized carbons (Fsp3) is 0.323. The van der Waals surface area contributed by atoms with Crippen molar-refractivity contribution in [2.45, 2.75) is 38.1 Å². The average Bonchev–Trinajstić information content (AvgIpc) is 2.98. The number of piperidine rings is 1. The van der Waals surface area contributed by atoms with E-state index in [0.29, 0.717) is 45.4 Å².